The van der Waals surface area contributed by atoms with Crippen LogP contribution in [0.15, 0.2) is 71.9 Å². The molecule has 0 aliphatic carbocycles. The molecule has 0 aliphatic heterocycles. The van der Waals surface area contributed by atoms with E-state index < -0.39 is 22.4 Å². The molecule has 0 aromatic heterocycles. The molecule has 0 radical (unpaired) electrons. The molecule has 33 heavy (non-hydrogen) atoms. The van der Waals surface area contributed by atoms with Crippen molar-refractivity contribution in [3.05, 3.63) is 99.1 Å². The number of ketones is 1. The molecule has 12 heteroatoms. The number of nitro groups is 1. The van der Waals surface area contributed by atoms with Crippen LogP contribution in [-0.2, 0) is 6.18 Å². The Morgan fingerprint density at radius 3 is 2.06 bits per heavy atom. The summed E-state index contributed by atoms with van der Waals surface area (Å²) in [4.78, 5) is 33.3. The smallest absolute Gasteiger partial charge is 0.409 e. The first-order valence-electron chi connectivity index (χ1n) is 9.03. The predicted octanol–water partition coefficient (Wildman–Crippen LogP) is 4.31. The van der Waals surface area contributed by atoms with Gasteiger partial charge < -0.3 is 10.9 Å². The van der Waals surface area contributed by atoms with E-state index in [1.165, 1.54) is 30.3 Å². The van der Waals surface area contributed by atoms with Crippen molar-refractivity contribution in [1.29, 1.82) is 0 Å². The Labute approximate surface area is 183 Å². The number of alkyl halides is 3. The summed E-state index contributed by atoms with van der Waals surface area (Å²) in [6, 6.07) is 12.3. The van der Waals surface area contributed by atoms with Gasteiger partial charge in [-0.2, -0.15) is 13.2 Å². The second kappa shape index (κ2) is 9.26. The average Bonchev–Trinajstić information content (AvgIpc) is 2.81. The predicted molar refractivity (Wildman–Crippen MR) is 108 cm³/mol. The number of amidine groups is 1. The van der Waals surface area contributed by atoms with Gasteiger partial charge in [-0.25, -0.2) is 0 Å². The quantitative estimate of drug-likeness (QED) is 0.102. The van der Waals surface area contributed by atoms with E-state index in [1.54, 1.807) is 0 Å². The van der Waals surface area contributed by atoms with Gasteiger partial charge in [-0.05, 0) is 54.6 Å². The van der Waals surface area contributed by atoms with Gasteiger partial charge >= 0.3 is 6.18 Å². The molecule has 0 bridgehead atoms. The number of hydrogen-bond donors (Lipinski definition) is 2. The molecule has 3 N–H and O–H groups in total. The normalized spacial score (nSPS) is 11.7. The lowest BCUT2D eigenvalue weighted by Gasteiger charge is -2.11. The number of nitrogens with two attached hydrogens (primary N) is 1. The molecule has 0 aliphatic rings. The number of nitrogens with zero attached hydrogens (tertiary/aromatic N) is 2. The lowest BCUT2D eigenvalue weighted by molar-refractivity contribution is -0.384. The number of oxime groups is 1. The average molecular weight is 461 g/mol. The number of carbonyl (C=O) groups excluding carboxylic acids is 1. The van der Waals surface area contributed by atoms with Crippen LogP contribution in [0.3, 0.4) is 0 Å². The van der Waals surface area contributed by atoms with Crippen LogP contribution >= 0.6 is 0 Å². The third kappa shape index (κ3) is 5.36. The molecule has 0 spiro atoms. The summed E-state index contributed by atoms with van der Waals surface area (Å²) in [6.07, 6.45) is -4.50. The highest BCUT2D eigenvalue weighted by molar-refractivity contribution is 6.16. The minimum Gasteiger partial charge on any atom is -0.409 e. The van der Waals surface area contributed by atoms with Gasteiger partial charge in [0.15, 0.2) is 23.1 Å². The summed E-state index contributed by atoms with van der Waals surface area (Å²) < 4.78 is 37.9. The molecule has 3 rings (SSSR count). The minimum atomic E-state index is -4.50. The van der Waals surface area contributed by atoms with Crippen molar-refractivity contribution in [2.45, 2.75) is 6.18 Å². The SMILES string of the molecule is N/C(=N\O)c1ccc(OOc2ccc(C(F)(F)F)cc2)cc1C(=O)c1ccc([N+](=O)[O-])cc1. The lowest BCUT2D eigenvalue weighted by Crippen LogP contribution is -2.18. The van der Waals surface area contributed by atoms with E-state index in [9.17, 15) is 28.1 Å². The van der Waals surface area contributed by atoms with Crippen LogP contribution < -0.4 is 15.5 Å². The Balaban J connectivity index is 1.87. The number of nitro benzene ring substituents is 1. The van der Waals surface area contributed by atoms with Crippen molar-refractivity contribution in [3.8, 4) is 11.5 Å². The standard InChI is InChI=1S/C21H14F3N3O6/c22-21(23,24)13-3-7-15(8-4-13)32-33-16-9-10-17(20(25)26-29)18(11-16)19(28)12-1-5-14(6-2-12)27(30)31/h1-11,29H,(H2,25,26). The summed E-state index contributed by atoms with van der Waals surface area (Å²) >= 11 is 0. The lowest BCUT2D eigenvalue weighted by atomic mass is 9.97. The van der Waals surface area contributed by atoms with Crippen molar-refractivity contribution in [1.82, 2.24) is 0 Å². The molecule has 3 aromatic rings. The van der Waals surface area contributed by atoms with Gasteiger partial charge in [0.25, 0.3) is 5.69 Å². The maximum atomic E-state index is 13.0. The Kier molecular flexibility index (Phi) is 6.47. The summed E-state index contributed by atoms with van der Waals surface area (Å²) in [6.45, 7) is 0. The highest BCUT2D eigenvalue weighted by atomic mass is 19.4. The first-order valence-corrected chi connectivity index (χ1v) is 9.03. The first-order chi connectivity index (χ1) is 15.6. The zero-order chi connectivity index (χ0) is 24.2. The number of hydrogen-bond acceptors (Lipinski definition) is 7. The van der Waals surface area contributed by atoms with Gasteiger partial charge in [-0.3, -0.25) is 24.7 Å². The molecule has 0 amide bonds. The zero-order valence-corrected chi connectivity index (χ0v) is 16.4. The molecule has 9 nitrogen and oxygen atoms in total. The maximum Gasteiger partial charge on any atom is 0.416 e. The van der Waals surface area contributed by atoms with Gasteiger partial charge in [-0.1, -0.05) is 5.16 Å². The zero-order valence-electron chi connectivity index (χ0n) is 16.4. The molecular formula is C21H14F3N3O6. The van der Waals surface area contributed by atoms with E-state index in [1.807, 2.05) is 0 Å². The molecular weight excluding hydrogens is 447 g/mol. The Bertz CT molecular complexity index is 1210. The van der Waals surface area contributed by atoms with Crippen LogP contribution in [0.1, 0.15) is 27.0 Å². The Hall–Kier alpha value is -4.61. The van der Waals surface area contributed by atoms with E-state index in [2.05, 4.69) is 5.16 Å². The molecule has 0 saturated heterocycles. The third-order valence-corrected chi connectivity index (χ3v) is 4.38. The topological polar surface area (TPSA) is 137 Å². The molecule has 3 aromatic carbocycles. The maximum absolute atomic E-state index is 13.0. The monoisotopic (exact) mass is 461 g/mol. The fraction of sp³-hybridized carbons (Fsp3) is 0.0476. The van der Waals surface area contributed by atoms with Crippen LogP contribution in [-0.4, -0.2) is 21.7 Å². The largest absolute Gasteiger partial charge is 0.416 e. The molecule has 170 valence electrons. The number of non-ortho nitro benzene ring substituents is 1. The second-order valence-corrected chi connectivity index (χ2v) is 6.51. The van der Waals surface area contributed by atoms with Crippen LogP contribution in [0.5, 0.6) is 11.5 Å². The Morgan fingerprint density at radius 1 is 0.939 bits per heavy atom. The van der Waals surface area contributed by atoms with Gasteiger partial charge in [0, 0.05) is 28.8 Å². The second-order valence-electron chi connectivity index (χ2n) is 6.51. The highest BCUT2D eigenvalue weighted by Crippen LogP contribution is 2.30. The molecule has 0 fully saturated rings. The number of halogens is 3. The first kappa shape index (κ1) is 23.1. The summed E-state index contributed by atoms with van der Waals surface area (Å²) in [5.41, 5.74) is 4.59. The van der Waals surface area contributed by atoms with E-state index in [0.29, 0.717) is 0 Å². The summed E-state index contributed by atoms with van der Waals surface area (Å²) in [5.74, 6) is -1.05. The van der Waals surface area contributed by atoms with Crippen molar-refractivity contribution in [3.63, 3.8) is 0 Å². The number of rotatable bonds is 7. The van der Waals surface area contributed by atoms with E-state index in [4.69, 9.17) is 20.7 Å². The van der Waals surface area contributed by atoms with Gasteiger partial charge in [0.05, 0.1) is 10.5 Å². The van der Waals surface area contributed by atoms with Gasteiger partial charge in [0.1, 0.15) is 0 Å². The summed E-state index contributed by atoms with van der Waals surface area (Å²) in [7, 11) is 0. The van der Waals surface area contributed by atoms with Crippen LogP contribution in [0, 0.1) is 10.1 Å². The van der Waals surface area contributed by atoms with Crippen LogP contribution in [0.25, 0.3) is 0 Å². The molecule has 0 heterocycles. The number of benzene rings is 3. The van der Waals surface area contributed by atoms with E-state index in [-0.39, 0.29) is 39.7 Å². The Morgan fingerprint density at radius 2 is 1.52 bits per heavy atom. The molecule has 0 saturated carbocycles. The van der Waals surface area contributed by atoms with E-state index in [0.717, 1.165) is 36.4 Å². The van der Waals surface area contributed by atoms with Crippen molar-refractivity contribution in [2.24, 2.45) is 10.9 Å². The summed E-state index contributed by atoms with van der Waals surface area (Å²) in [5, 5.41) is 22.7. The number of carbonyl (C=O) groups is 1. The van der Waals surface area contributed by atoms with Crippen molar-refractivity contribution >= 4 is 17.3 Å². The van der Waals surface area contributed by atoms with Crippen LogP contribution in [0.2, 0.25) is 0 Å². The molecule has 0 unspecified atom stereocenters. The van der Waals surface area contributed by atoms with Gasteiger partial charge in [0.2, 0.25) is 0 Å². The van der Waals surface area contributed by atoms with Crippen LogP contribution in [0.4, 0.5) is 18.9 Å². The highest BCUT2D eigenvalue weighted by Gasteiger charge is 2.30. The fourth-order valence-electron chi connectivity index (χ4n) is 2.73. The van der Waals surface area contributed by atoms with Gasteiger partial charge in [-0.15, -0.1) is 0 Å². The van der Waals surface area contributed by atoms with Crippen molar-refractivity contribution < 1.29 is 37.9 Å². The minimum absolute atomic E-state index is 0.0188. The third-order valence-electron chi connectivity index (χ3n) is 4.38. The molecule has 0 atom stereocenters. The van der Waals surface area contributed by atoms with Crippen molar-refractivity contribution in [2.75, 3.05) is 0 Å². The fourth-order valence-corrected chi connectivity index (χ4v) is 2.73. The van der Waals surface area contributed by atoms with E-state index >= 15 is 0 Å².